The molecule has 0 aromatic carbocycles. The zero-order chi connectivity index (χ0) is 8.70. The number of aliphatic imine (C=N–C) groups is 1. The van der Waals surface area contributed by atoms with Crippen LogP contribution in [0.5, 0.6) is 0 Å². The second-order valence-electron chi connectivity index (χ2n) is 4.80. The first kappa shape index (κ1) is 8.57. The molecule has 2 heteroatoms. The van der Waals surface area contributed by atoms with Crippen molar-refractivity contribution in [1.82, 2.24) is 0 Å². The molecule has 1 heterocycles. The molecule has 1 rings (SSSR count). The zero-order valence-corrected chi connectivity index (χ0v) is 7.94. The average molecular weight is 154 g/mol. The molecule has 1 atom stereocenters. The molecule has 2 nitrogen and oxygen atoms in total. The molecule has 0 amide bonds. The van der Waals surface area contributed by atoms with Crippen LogP contribution in [0, 0.1) is 10.8 Å². The normalized spacial score (nSPS) is 32.2. The Labute approximate surface area is 68.9 Å². The van der Waals surface area contributed by atoms with Crippen LogP contribution in [0.3, 0.4) is 0 Å². The summed E-state index contributed by atoms with van der Waals surface area (Å²) in [5.41, 5.74) is 6.24. The smallest absolute Gasteiger partial charge is 0.0943 e. The molecule has 2 N–H and O–H groups in total. The van der Waals surface area contributed by atoms with E-state index in [2.05, 4.69) is 32.7 Å². The first-order chi connectivity index (χ1) is 4.85. The van der Waals surface area contributed by atoms with Gasteiger partial charge in [0, 0.05) is 13.0 Å². The van der Waals surface area contributed by atoms with Gasteiger partial charge in [-0.25, -0.2) is 0 Å². The Morgan fingerprint density at radius 1 is 1.45 bits per heavy atom. The van der Waals surface area contributed by atoms with E-state index in [1.165, 1.54) is 0 Å². The number of hydrogen-bond acceptors (Lipinski definition) is 2. The number of nitrogens with zero attached hydrogens (tertiary/aromatic N) is 1. The number of rotatable bonds is 0. The van der Waals surface area contributed by atoms with E-state index in [1.807, 2.05) is 0 Å². The van der Waals surface area contributed by atoms with Gasteiger partial charge in [0.25, 0.3) is 0 Å². The Bertz CT molecular complexity index is 188. The summed E-state index contributed by atoms with van der Waals surface area (Å²) >= 11 is 0. The first-order valence-electron chi connectivity index (χ1n) is 4.14. The Morgan fingerprint density at radius 3 is 2.18 bits per heavy atom. The second kappa shape index (κ2) is 2.23. The fraction of sp³-hybridized carbons (Fsp3) is 0.889. The van der Waals surface area contributed by atoms with Crippen LogP contribution < -0.4 is 5.73 Å². The Kier molecular flexibility index (Phi) is 1.73. The van der Waals surface area contributed by atoms with E-state index in [1.54, 1.807) is 0 Å². The predicted molar refractivity (Wildman–Crippen MR) is 48.7 cm³/mol. The summed E-state index contributed by atoms with van der Waals surface area (Å²) in [6.45, 7) is 9.90. The van der Waals surface area contributed by atoms with E-state index in [0.29, 0.717) is 5.41 Å². The van der Waals surface area contributed by atoms with Crippen molar-refractivity contribution >= 4 is 5.84 Å². The van der Waals surface area contributed by atoms with Gasteiger partial charge < -0.3 is 5.73 Å². The molecule has 0 aromatic heterocycles. The van der Waals surface area contributed by atoms with Crippen LogP contribution in [-0.2, 0) is 0 Å². The van der Waals surface area contributed by atoms with Crippen LogP contribution in [0.2, 0.25) is 0 Å². The van der Waals surface area contributed by atoms with E-state index >= 15 is 0 Å². The number of nitrogens with two attached hydrogens (primary N) is 1. The standard InChI is InChI=1S/C9H18N2/c1-8(2,3)9(4)5-7(10)11-6-9/h5-6H2,1-4H3,(H2,10,11). The van der Waals surface area contributed by atoms with Gasteiger partial charge in [-0.1, -0.05) is 27.7 Å². The van der Waals surface area contributed by atoms with Gasteiger partial charge in [0.05, 0.1) is 5.84 Å². The van der Waals surface area contributed by atoms with E-state index in [-0.39, 0.29) is 5.41 Å². The van der Waals surface area contributed by atoms with E-state index < -0.39 is 0 Å². The average Bonchev–Trinajstić information content (AvgIpc) is 2.10. The highest BCUT2D eigenvalue weighted by molar-refractivity contribution is 5.82. The lowest BCUT2D eigenvalue weighted by Gasteiger charge is -2.37. The Balaban J connectivity index is 2.74. The van der Waals surface area contributed by atoms with Crippen LogP contribution in [0.25, 0.3) is 0 Å². The van der Waals surface area contributed by atoms with Gasteiger partial charge in [0.2, 0.25) is 0 Å². The molecule has 1 unspecified atom stereocenters. The summed E-state index contributed by atoms with van der Waals surface area (Å²) in [4.78, 5) is 4.25. The SMILES string of the molecule is CC(C)(C)C1(C)CN=C(N)C1. The molecule has 0 saturated carbocycles. The highest BCUT2D eigenvalue weighted by Gasteiger charge is 2.40. The van der Waals surface area contributed by atoms with E-state index in [9.17, 15) is 0 Å². The van der Waals surface area contributed by atoms with Crippen molar-refractivity contribution in [3.05, 3.63) is 0 Å². The highest BCUT2D eigenvalue weighted by Crippen LogP contribution is 2.43. The van der Waals surface area contributed by atoms with E-state index in [0.717, 1.165) is 18.8 Å². The molecule has 0 aromatic rings. The molecule has 0 aliphatic carbocycles. The lowest BCUT2D eigenvalue weighted by molar-refractivity contribution is 0.138. The van der Waals surface area contributed by atoms with Gasteiger partial charge in [-0.15, -0.1) is 0 Å². The van der Waals surface area contributed by atoms with Crippen molar-refractivity contribution in [2.24, 2.45) is 21.6 Å². The third kappa shape index (κ3) is 1.39. The molecule has 1 aliphatic rings. The fourth-order valence-corrected chi connectivity index (χ4v) is 1.29. The third-order valence-corrected chi connectivity index (χ3v) is 3.01. The topological polar surface area (TPSA) is 38.4 Å². The molecule has 0 fully saturated rings. The molecule has 1 aliphatic heterocycles. The van der Waals surface area contributed by atoms with Crippen LogP contribution in [0.4, 0.5) is 0 Å². The van der Waals surface area contributed by atoms with Gasteiger partial charge in [-0.05, 0) is 10.8 Å². The zero-order valence-electron chi connectivity index (χ0n) is 7.94. The molecule has 0 spiro atoms. The van der Waals surface area contributed by atoms with Crippen LogP contribution in [-0.4, -0.2) is 12.4 Å². The van der Waals surface area contributed by atoms with Crippen LogP contribution in [0.15, 0.2) is 4.99 Å². The van der Waals surface area contributed by atoms with Gasteiger partial charge in [0.15, 0.2) is 0 Å². The maximum absolute atomic E-state index is 5.66. The fourth-order valence-electron chi connectivity index (χ4n) is 1.29. The molecular weight excluding hydrogens is 136 g/mol. The molecule has 0 radical (unpaired) electrons. The maximum Gasteiger partial charge on any atom is 0.0943 e. The minimum Gasteiger partial charge on any atom is -0.387 e. The van der Waals surface area contributed by atoms with Crippen molar-refractivity contribution in [1.29, 1.82) is 0 Å². The Hall–Kier alpha value is -0.530. The summed E-state index contributed by atoms with van der Waals surface area (Å²) in [6.07, 6.45) is 0.955. The molecule has 64 valence electrons. The van der Waals surface area contributed by atoms with E-state index in [4.69, 9.17) is 5.73 Å². The minimum absolute atomic E-state index is 0.275. The molecule has 0 saturated heterocycles. The summed E-state index contributed by atoms with van der Waals surface area (Å²) in [5.74, 6) is 0.822. The lowest BCUT2D eigenvalue weighted by Crippen LogP contribution is -2.34. The van der Waals surface area contributed by atoms with Crippen molar-refractivity contribution in [3.63, 3.8) is 0 Å². The second-order valence-corrected chi connectivity index (χ2v) is 4.80. The number of hydrogen-bond donors (Lipinski definition) is 1. The molecule has 11 heavy (non-hydrogen) atoms. The minimum atomic E-state index is 0.275. The van der Waals surface area contributed by atoms with Gasteiger partial charge >= 0.3 is 0 Å². The van der Waals surface area contributed by atoms with Crippen molar-refractivity contribution in [2.75, 3.05) is 6.54 Å². The predicted octanol–water partition coefficient (Wildman–Crippen LogP) is 1.80. The molecule has 0 bridgehead atoms. The largest absolute Gasteiger partial charge is 0.387 e. The van der Waals surface area contributed by atoms with Crippen molar-refractivity contribution < 1.29 is 0 Å². The Morgan fingerprint density at radius 2 is 2.00 bits per heavy atom. The highest BCUT2D eigenvalue weighted by atomic mass is 14.9. The lowest BCUT2D eigenvalue weighted by atomic mass is 9.67. The van der Waals surface area contributed by atoms with Gasteiger partial charge in [0.1, 0.15) is 0 Å². The maximum atomic E-state index is 5.66. The summed E-state index contributed by atoms with van der Waals surface area (Å²) in [6, 6.07) is 0. The summed E-state index contributed by atoms with van der Waals surface area (Å²) in [5, 5.41) is 0. The number of amidine groups is 1. The first-order valence-corrected chi connectivity index (χ1v) is 4.14. The van der Waals surface area contributed by atoms with Crippen LogP contribution in [0.1, 0.15) is 34.1 Å². The van der Waals surface area contributed by atoms with Gasteiger partial charge in [-0.3, -0.25) is 4.99 Å². The van der Waals surface area contributed by atoms with Crippen molar-refractivity contribution in [3.8, 4) is 0 Å². The van der Waals surface area contributed by atoms with Gasteiger partial charge in [-0.2, -0.15) is 0 Å². The monoisotopic (exact) mass is 154 g/mol. The molecular formula is C9H18N2. The van der Waals surface area contributed by atoms with Crippen LogP contribution >= 0.6 is 0 Å². The third-order valence-electron chi connectivity index (χ3n) is 3.01. The summed E-state index contributed by atoms with van der Waals surface area (Å²) in [7, 11) is 0. The van der Waals surface area contributed by atoms with Crippen molar-refractivity contribution in [2.45, 2.75) is 34.1 Å². The quantitative estimate of drug-likeness (QED) is 0.567. The summed E-state index contributed by atoms with van der Waals surface area (Å²) < 4.78 is 0.